The van der Waals surface area contributed by atoms with Crippen LogP contribution in [0.25, 0.3) is 0 Å². The van der Waals surface area contributed by atoms with Gasteiger partial charge in [0, 0.05) is 32.2 Å². The van der Waals surface area contributed by atoms with E-state index in [1.165, 1.54) is 20.3 Å². The zero-order valence-electron chi connectivity index (χ0n) is 8.97. The van der Waals surface area contributed by atoms with E-state index in [1.54, 1.807) is 0 Å². The van der Waals surface area contributed by atoms with Crippen molar-refractivity contribution in [3.05, 3.63) is 26.4 Å². The van der Waals surface area contributed by atoms with Crippen LogP contribution in [0.3, 0.4) is 0 Å². The Morgan fingerprint density at radius 1 is 1.38 bits per heavy atom. The number of rotatable bonds is 3. The van der Waals surface area contributed by atoms with Gasteiger partial charge in [0.15, 0.2) is 0 Å². The summed E-state index contributed by atoms with van der Waals surface area (Å²) in [6, 6.07) is 0. The van der Waals surface area contributed by atoms with E-state index in [9.17, 15) is 14.7 Å². The Hall–Kier alpha value is -1.37. The monoisotopic (exact) mass is 289 g/mol. The number of alkyl halides is 1. The lowest BCUT2D eigenvalue weighted by molar-refractivity contribution is 0.410. The first kappa shape index (κ1) is 12.7. The fourth-order valence-electron chi connectivity index (χ4n) is 1.18. The van der Waals surface area contributed by atoms with Crippen molar-refractivity contribution < 1.29 is 5.11 Å². The number of aromatic nitrogens is 2. The van der Waals surface area contributed by atoms with Crippen LogP contribution in [0.4, 0.5) is 0 Å². The van der Waals surface area contributed by atoms with Gasteiger partial charge in [0.2, 0.25) is 5.88 Å². The minimum absolute atomic E-state index is 0.0190. The van der Waals surface area contributed by atoms with E-state index in [2.05, 4.69) is 20.9 Å². The summed E-state index contributed by atoms with van der Waals surface area (Å²) in [4.78, 5) is 27.0. The molecule has 0 aliphatic heterocycles. The first-order chi connectivity index (χ1) is 7.50. The molecule has 0 bridgehead atoms. The molecule has 88 valence electrons. The smallest absolute Gasteiger partial charge is 0.333 e. The number of hydrogen-bond acceptors (Lipinski definition) is 4. The molecule has 0 fully saturated rings. The molecular formula is C9H12BrN3O3. The van der Waals surface area contributed by atoms with Gasteiger partial charge in [-0.2, -0.15) is 0 Å². The lowest BCUT2D eigenvalue weighted by Gasteiger charge is -2.06. The van der Waals surface area contributed by atoms with Gasteiger partial charge in [0.1, 0.15) is 5.56 Å². The highest BCUT2D eigenvalue weighted by Gasteiger charge is 2.12. The van der Waals surface area contributed by atoms with E-state index in [0.717, 1.165) is 9.13 Å². The minimum Gasteiger partial charge on any atom is -0.494 e. The van der Waals surface area contributed by atoms with Crippen molar-refractivity contribution in [1.29, 1.82) is 0 Å². The first-order valence-corrected chi connectivity index (χ1v) is 5.67. The molecule has 1 aromatic heterocycles. The summed E-state index contributed by atoms with van der Waals surface area (Å²) in [5, 5.41) is 10.3. The van der Waals surface area contributed by atoms with Gasteiger partial charge in [-0.1, -0.05) is 15.9 Å². The van der Waals surface area contributed by atoms with Crippen LogP contribution in [-0.4, -0.2) is 32.3 Å². The second-order valence-electron chi connectivity index (χ2n) is 3.17. The fraction of sp³-hybridized carbons (Fsp3) is 0.444. The van der Waals surface area contributed by atoms with Crippen LogP contribution in [0.15, 0.2) is 14.6 Å². The Bertz CT molecular complexity index is 530. The number of aromatic hydroxyl groups is 1. The molecule has 0 saturated heterocycles. The van der Waals surface area contributed by atoms with Gasteiger partial charge in [-0.25, -0.2) is 4.79 Å². The Kier molecular flexibility index (Phi) is 4.05. The van der Waals surface area contributed by atoms with Crippen LogP contribution < -0.4 is 11.2 Å². The SMILES string of the molecule is Cn1c(O)c(C=NCCBr)c(=O)n(C)c1=O. The average Bonchev–Trinajstić information content (AvgIpc) is 2.28. The van der Waals surface area contributed by atoms with E-state index < -0.39 is 11.2 Å². The Morgan fingerprint density at radius 2 is 2.00 bits per heavy atom. The number of nitrogens with zero attached hydrogens (tertiary/aromatic N) is 3. The maximum atomic E-state index is 11.6. The molecule has 0 atom stereocenters. The maximum absolute atomic E-state index is 11.6. The molecule has 0 aliphatic rings. The number of halogens is 1. The zero-order valence-corrected chi connectivity index (χ0v) is 10.6. The molecule has 1 N–H and O–H groups in total. The fourth-order valence-corrected chi connectivity index (χ4v) is 1.38. The van der Waals surface area contributed by atoms with Gasteiger partial charge in [0.05, 0.1) is 0 Å². The van der Waals surface area contributed by atoms with Crippen molar-refractivity contribution in [3.8, 4) is 5.88 Å². The van der Waals surface area contributed by atoms with Crippen molar-refractivity contribution in [2.75, 3.05) is 11.9 Å². The molecule has 1 rings (SSSR count). The lowest BCUT2D eigenvalue weighted by Crippen LogP contribution is -2.38. The van der Waals surface area contributed by atoms with E-state index >= 15 is 0 Å². The first-order valence-electron chi connectivity index (χ1n) is 4.55. The van der Waals surface area contributed by atoms with Gasteiger partial charge in [-0.3, -0.25) is 18.9 Å². The largest absolute Gasteiger partial charge is 0.494 e. The van der Waals surface area contributed by atoms with Crippen molar-refractivity contribution in [2.45, 2.75) is 0 Å². The Morgan fingerprint density at radius 3 is 2.56 bits per heavy atom. The minimum atomic E-state index is -0.569. The van der Waals surface area contributed by atoms with E-state index in [1.807, 2.05) is 0 Å². The highest BCUT2D eigenvalue weighted by atomic mass is 79.9. The molecule has 0 saturated carbocycles. The third-order valence-electron chi connectivity index (χ3n) is 2.10. The highest BCUT2D eigenvalue weighted by molar-refractivity contribution is 9.09. The molecule has 0 spiro atoms. The van der Waals surface area contributed by atoms with Crippen molar-refractivity contribution in [1.82, 2.24) is 9.13 Å². The lowest BCUT2D eigenvalue weighted by atomic mass is 10.3. The second kappa shape index (κ2) is 5.11. The third-order valence-corrected chi connectivity index (χ3v) is 2.46. The zero-order chi connectivity index (χ0) is 12.3. The summed E-state index contributed by atoms with van der Waals surface area (Å²) >= 11 is 3.19. The molecule has 1 heterocycles. The standard InChI is InChI=1S/C9H12BrN3O3/c1-12-7(14)6(5-11-4-3-10)8(15)13(2)9(12)16/h5,14H,3-4H2,1-2H3. The van der Waals surface area contributed by atoms with Crippen LogP contribution in [-0.2, 0) is 14.1 Å². The van der Waals surface area contributed by atoms with Gasteiger partial charge in [0.25, 0.3) is 5.56 Å². The topological polar surface area (TPSA) is 76.6 Å². The molecule has 0 aromatic carbocycles. The van der Waals surface area contributed by atoms with E-state index in [-0.39, 0.29) is 11.4 Å². The predicted molar refractivity (Wildman–Crippen MR) is 64.8 cm³/mol. The highest BCUT2D eigenvalue weighted by Crippen LogP contribution is 2.05. The summed E-state index contributed by atoms with van der Waals surface area (Å²) in [7, 11) is 2.74. The van der Waals surface area contributed by atoms with Crippen LogP contribution in [0.5, 0.6) is 5.88 Å². The molecule has 0 aliphatic carbocycles. The normalized spacial score (nSPS) is 11.2. The van der Waals surface area contributed by atoms with Crippen LogP contribution in [0.2, 0.25) is 0 Å². The molecule has 1 aromatic rings. The van der Waals surface area contributed by atoms with Crippen LogP contribution in [0, 0.1) is 0 Å². The van der Waals surface area contributed by atoms with Gasteiger partial charge in [-0.05, 0) is 0 Å². The second-order valence-corrected chi connectivity index (χ2v) is 3.96. The molecular weight excluding hydrogens is 278 g/mol. The maximum Gasteiger partial charge on any atom is 0.333 e. The molecule has 6 nitrogen and oxygen atoms in total. The van der Waals surface area contributed by atoms with Crippen molar-refractivity contribution >= 4 is 22.1 Å². The van der Waals surface area contributed by atoms with Crippen LogP contribution >= 0.6 is 15.9 Å². The molecule has 0 amide bonds. The molecule has 7 heteroatoms. The number of aliphatic imine (C=N–C) groups is 1. The van der Waals surface area contributed by atoms with Crippen molar-refractivity contribution in [2.24, 2.45) is 19.1 Å². The Balaban J connectivity index is 3.41. The van der Waals surface area contributed by atoms with E-state index in [0.29, 0.717) is 11.9 Å². The summed E-state index contributed by atoms with van der Waals surface area (Å²) < 4.78 is 1.92. The van der Waals surface area contributed by atoms with E-state index in [4.69, 9.17) is 0 Å². The summed E-state index contributed by atoms with van der Waals surface area (Å²) in [5.41, 5.74) is -1.11. The Labute approximate surface area is 100.0 Å². The third kappa shape index (κ3) is 2.24. The summed E-state index contributed by atoms with van der Waals surface area (Å²) in [5.74, 6) is -0.369. The quantitative estimate of drug-likeness (QED) is 0.608. The van der Waals surface area contributed by atoms with Gasteiger partial charge in [-0.15, -0.1) is 0 Å². The van der Waals surface area contributed by atoms with Gasteiger partial charge >= 0.3 is 5.69 Å². The average molecular weight is 290 g/mol. The molecule has 0 radical (unpaired) electrons. The van der Waals surface area contributed by atoms with Crippen LogP contribution in [0.1, 0.15) is 5.56 Å². The van der Waals surface area contributed by atoms with Crippen molar-refractivity contribution in [3.63, 3.8) is 0 Å². The molecule has 0 unspecified atom stereocenters. The summed E-state index contributed by atoms with van der Waals surface area (Å²) in [6.07, 6.45) is 1.28. The number of hydrogen-bond donors (Lipinski definition) is 1. The van der Waals surface area contributed by atoms with Gasteiger partial charge < -0.3 is 5.11 Å². The summed E-state index contributed by atoms with van der Waals surface area (Å²) in [6.45, 7) is 0.492. The molecule has 16 heavy (non-hydrogen) atoms. The predicted octanol–water partition coefficient (Wildman–Crippen LogP) is -0.397.